The molecule has 0 heterocycles. The summed E-state index contributed by atoms with van der Waals surface area (Å²) in [5, 5.41) is 8.87. The maximum absolute atomic E-state index is 10.8. The molecule has 170 valence electrons. The maximum Gasteiger partial charge on any atom is 0.320 e. The van der Waals surface area contributed by atoms with E-state index in [1.807, 2.05) is 48.5 Å². The van der Waals surface area contributed by atoms with Crippen LogP contribution in [0.2, 0.25) is 0 Å². The van der Waals surface area contributed by atoms with Crippen LogP contribution in [0.1, 0.15) is 11.1 Å². The Hall–Kier alpha value is -2.65. The van der Waals surface area contributed by atoms with Gasteiger partial charge in [0.1, 0.15) is 30.8 Å². The van der Waals surface area contributed by atoms with E-state index in [4.69, 9.17) is 34.5 Å². The first-order valence-corrected chi connectivity index (χ1v) is 10.1. The molecule has 8 heteroatoms. The Bertz CT molecular complexity index is 750. The second kappa shape index (κ2) is 14.4. The van der Waals surface area contributed by atoms with Gasteiger partial charge in [-0.3, -0.25) is 4.79 Å². The van der Waals surface area contributed by atoms with Crippen LogP contribution < -0.4 is 15.2 Å². The fraction of sp³-hybridized carbons (Fsp3) is 0.435. The van der Waals surface area contributed by atoms with E-state index in [0.717, 1.165) is 16.9 Å². The van der Waals surface area contributed by atoms with Crippen molar-refractivity contribution in [1.29, 1.82) is 0 Å². The fourth-order valence-corrected chi connectivity index (χ4v) is 2.59. The number of carbonyl (C=O) groups is 1. The minimum absolute atomic E-state index is 0.282. The van der Waals surface area contributed by atoms with E-state index >= 15 is 0 Å². The molecule has 2 aromatic rings. The van der Waals surface area contributed by atoms with Crippen molar-refractivity contribution < 1.29 is 33.6 Å². The van der Waals surface area contributed by atoms with Gasteiger partial charge < -0.3 is 34.5 Å². The molecule has 0 amide bonds. The van der Waals surface area contributed by atoms with Gasteiger partial charge in [0.15, 0.2) is 0 Å². The number of benzene rings is 2. The van der Waals surface area contributed by atoms with Gasteiger partial charge in [0, 0.05) is 7.11 Å². The van der Waals surface area contributed by atoms with Gasteiger partial charge in [0.25, 0.3) is 0 Å². The topological polar surface area (TPSA) is 109 Å². The van der Waals surface area contributed by atoms with Crippen molar-refractivity contribution >= 4 is 5.97 Å². The van der Waals surface area contributed by atoms with E-state index in [-0.39, 0.29) is 6.42 Å². The van der Waals surface area contributed by atoms with Crippen molar-refractivity contribution in [3.05, 3.63) is 59.7 Å². The first kappa shape index (κ1) is 24.6. The Morgan fingerprint density at radius 2 is 1.32 bits per heavy atom. The standard InChI is InChI=1S/C23H31NO7/c1-27-10-11-28-12-13-29-14-15-30-20-8-4-19(5-9-20)17-31-21-6-2-18(3-7-21)16-22(24)23(25)26/h2-9,22H,10-17,24H2,1H3,(H,25,26)/t22-/m0/s1. The zero-order chi connectivity index (χ0) is 22.3. The first-order chi connectivity index (χ1) is 15.1. The molecule has 0 aliphatic heterocycles. The van der Waals surface area contributed by atoms with Crippen LogP contribution in [0.3, 0.4) is 0 Å². The first-order valence-electron chi connectivity index (χ1n) is 10.1. The molecule has 0 spiro atoms. The molecule has 2 rings (SSSR count). The number of ether oxygens (including phenoxy) is 5. The van der Waals surface area contributed by atoms with Crippen molar-refractivity contribution in [2.75, 3.05) is 46.8 Å². The quantitative estimate of drug-likeness (QED) is 0.388. The van der Waals surface area contributed by atoms with Gasteiger partial charge in [-0.2, -0.15) is 0 Å². The minimum atomic E-state index is -1.01. The van der Waals surface area contributed by atoms with Crippen molar-refractivity contribution in [3.8, 4) is 11.5 Å². The van der Waals surface area contributed by atoms with Gasteiger partial charge >= 0.3 is 5.97 Å². The third kappa shape index (κ3) is 10.3. The summed E-state index contributed by atoms with van der Waals surface area (Å²) in [6.45, 7) is 3.59. The molecule has 31 heavy (non-hydrogen) atoms. The third-order valence-electron chi connectivity index (χ3n) is 4.33. The van der Waals surface area contributed by atoms with Crippen LogP contribution in [0.15, 0.2) is 48.5 Å². The number of carboxylic acids is 1. The zero-order valence-electron chi connectivity index (χ0n) is 17.8. The second-order valence-electron chi connectivity index (χ2n) is 6.79. The van der Waals surface area contributed by atoms with E-state index in [1.54, 1.807) is 7.11 Å². The van der Waals surface area contributed by atoms with E-state index in [9.17, 15) is 4.79 Å². The molecule has 0 bridgehead atoms. The molecule has 8 nitrogen and oxygen atoms in total. The number of carboxylic acid groups (broad SMARTS) is 1. The highest BCUT2D eigenvalue weighted by Gasteiger charge is 2.11. The Balaban J connectivity index is 1.62. The zero-order valence-corrected chi connectivity index (χ0v) is 17.8. The largest absolute Gasteiger partial charge is 0.491 e. The number of hydrogen-bond acceptors (Lipinski definition) is 7. The Labute approximate surface area is 182 Å². The number of aliphatic carboxylic acids is 1. The number of nitrogens with two attached hydrogens (primary N) is 1. The third-order valence-corrected chi connectivity index (χ3v) is 4.33. The summed E-state index contributed by atoms with van der Waals surface area (Å²) in [6, 6.07) is 14.0. The fourth-order valence-electron chi connectivity index (χ4n) is 2.59. The van der Waals surface area contributed by atoms with E-state index in [1.165, 1.54) is 0 Å². The summed E-state index contributed by atoms with van der Waals surface area (Å²) in [4.78, 5) is 10.8. The molecule has 0 radical (unpaired) electrons. The SMILES string of the molecule is COCCOCCOCCOc1ccc(COc2ccc(C[C@H](N)C(=O)O)cc2)cc1. The van der Waals surface area contributed by atoms with E-state index < -0.39 is 12.0 Å². The molecule has 0 aliphatic carbocycles. The van der Waals surface area contributed by atoms with E-state index in [0.29, 0.717) is 52.0 Å². The lowest BCUT2D eigenvalue weighted by molar-refractivity contribution is -0.138. The number of hydrogen-bond donors (Lipinski definition) is 2. The molecule has 0 unspecified atom stereocenters. The summed E-state index contributed by atoms with van der Waals surface area (Å²) >= 11 is 0. The highest BCUT2D eigenvalue weighted by Crippen LogP contribution is 2.17. The predicted molar refractivity (Wildman–Crippen MR) is 116 cm³/mol. The summed E-state index contributed by atoms with van der Waals surface area (Å²) in [7, 11) is 1.64. The molecule has 2 aromatic carbocycles. The van der Waals surface area contributed by atoms with Gasteiger partial charge in [-0.05, 0) is 41.8 Å². The highest BCUT2D eigenvalue weighted by atomic mass is 16.6. The summed E-state index contributed by atoms with van der Waals surface area (Å²) < 4.78 is 27.1. The molecule has 3 N–H and O–H groups in total. The molecule has 0 fully saturated rings. The Morgan fingerprint density at radius 1 is 0.806 bits per heavy atom. The van der Waals surface area contributed by atoms with Gasteiger partial charge in [0.05, 0.1) is 33.0 Å². The second-order valence-corrected chi connectivity index (χ2v) is 6.79. The lowest BCUT2D eigenvalue weighted by Gasteiger charge is -2.10. The van der Waals surface area contributed by atoms with Crippen LogP contribution in [0.4, 0.5) is 0 Å². The maximum atomic E-state index is 10.8. The smallest absolute Gasteiger partial charge is 0.320 e. The summed E-state index contributed by atoms with van der Waals surface area (Å²) in [5.74, 6) is 0.461. The lowest BCUT2D eigenvalue weighted by Crippen LogP contribution is -2.32. The van der Waals surface area contributed by atoms with Crippen molar-refractivity contribution in [2.24, 2.45) is 5.73 Å². The minimum Gasteiger partial charge on any atom is -0.491 e. The highest BCUT2D eigenvalue weighted by molar-refractivity contribution is 5.73. The van der Waals surface area contributed by atoms with Crippen LogP contribution in [0.25, 0.3) is 0 Å². The molecular weight excluding hydrogens is 402 g/mol. The van der Waals surface area contributed by atoms with Crippen LogP contribution in [-0.2, 0) is 32.0 Å². The van der Waals surface area contributed by atoms with Crippen LogP contribution in [0.5, 0.6) is 11.5 Å². The lowest BCUT2D eigenvalue weighted by atomic mass is 10.1. The Morgan fingerprint density at radius 3 is 1.90 bits per heavy atom. The predicted octanol–water partition coefficient (Wildman–Crippen LogP) is 2.28. The van der Waals surface area contributed by atoms with Crippen LogP contribution in [0, 0.1) is 0 Å². The molecule has 1 atom stereocenters. The summed E-state index contributed by atoms with van der Waals surface area (Å²) in [5.41, 5.74) is 7.41. The van der Waals surface area contributed by atoms with Crippen LogP contribution in [-0.4, -0.2) is 63.9 Å². The van der Waals surface area contributed by atoms with Crippen molar-refractivity contribution in [1.82, 2.24) is 0 Å². The number of methoxy groups -OCH3 is 1. The Kier molecular flexibility index (Phi) is 11.4. The van der Waals surface area contributed by atoms with Crippen molar-refractivity contribution in [3.63, 3.8) is 0 Å². The van der Waals surface area contributed by atoms with Gasteiger partial charge in [-0.1, -0.05) is 24.3 Å². The normalized spacial score (nSPS) is 11.8. The molecular formula is C23H31NO7. The average molecular weight is 434 g/mol. The number of rotatable bonds is 16. The molecule has 0 aliphatic rings. The van der Waals surface area contributed by atoms with Crippen molar-refractivity contribution in [2.45, 2.75) is 19.1 Å². The van der Waals surface area contributed by atoms with E-state index in [2.05, 4.69) is 0 Å². The average Bonchev–Trinajstić information content (AvgIpc) is 2.78. The van der Waals surface area contributed by atoms with Gasteiger partial charge in [0.2, 0.25) is 0 Å². The van der Waals surface area contributed by atoms with Gasteiger partial charge in [-0.25, -0.2) is 0 Å². The van der Waals surface area contributed by atoms with Crippen LogP contribution >= 0.6 is 0 Å². The summed E-state index contributed by atoms with van der Waals surface area (Å²) in [6.07, 6.45) is 0.282. The molecule has 0 saturated heterocycles. The van der Waals surface area contributed by atoms with Gasteiger partial charge in [-0.15, -0.1) is 0 Å². The monoisotopic (exact) mass is 433 g/mol. The molecule has 0 aromatic heterocycles. The molecule has 0 saturated carbocycles.